The first-order chi connectivity index (χ1) is 8.11. The summed E-state index contributed by atoms with van der Waals surface area (Å²) in [5, 5.41) is 8.68. The van der Waals surface area contributed by atoms with Gasteiger partial charge in [-0.3, -0.25) is 0 Å². The molecule has 0 bridgehead atoms. The summed E-state index contributed by atoms with van der Waals surface area (Å²) in [6, 6.07) is 6.30. The van der Waals surface area contributed by atoms with Crippen LogP contribution in [0.15, 0.2) is 18.2 Å². The molecule has 0 atom stereocenters. The number of fused-ring (bicyclic) bond motifs is 1. The Balaban J connectivity index is 2.24. The van der Waals surface area contributed by atoms with Gasteiger partial charge in [-0.15, -0.1) is 0 Å². The standard InChI is InChI=1S/C13H16N4/c1-10-15-12-8-11(6-7-16(2)9-14)4-5-13(12)17(10)3/h4-5,8H,6-7H2,1-3H3. The van der Waals surface area contributed by atoms with Crippen LogP contribution in [-0.2, 0) is 13.5 Å². The zero-order valence-corrected chi connectivity index (χ0v) is 10.4. The lowest BCUT2D eigenvalue weighted by Gasteiger charge is -2.08. The van der Waals surface area contributed by atoms with Gasteiger partial charge in [-0.25, -0.2) is 4.98 Å². The largest absolute Gasteiger partial charge is 0.331 e. The summed E-state index contributed by atoms with van der Waals surface area (Å²) in [5.74, 6) is 1.02. The molecule has 88 valence electrons. The van der Waals surface area contributed by atoms with Crippen molar-refractivity contribution in [3.8, 4) is 6.19 Å². The highest BCUT2D eigenvalue weighted by atomic mass is 15.1. The molecule has 4 nitrogen and oxygen atoms in total. The van der Waals surface area contributed by atoms with Crippen molar-refractivity contribution in [1.29, 1.82) is 5.26 Å². The van der Waals surface area contributed by atoms with Crippen molar-refractivity contribution in [3.05, 3.63) is 29.6 Å². The summed E-state index contributed by atoms with van der Waals surface area (Å²) < 4.78 is 2.08. The number of hydrogen-bond donors (Lipinski definition) is 0. The third kappa shape index (κ3) is 2.23. The van der Waals surface area contributed by atoms with E-state index in [9.17, 15) is 0 Å². The number of rotatable bonds is 3. The Kier molecular flexibility index (Phi) is 3.01. The van der Waals surface area contributed by atoms with Gasteiger partial charge in [0.05, 0.1) is 11.0 Å². The topological polar surface area (TPSA) is 44.9 Å². The van der Waals surface area contributed by atoms with Crippen LogP contribution in [0.2, 0.25) is 0 Å². The molecule has 0 unspecified atom stereocenters. The maximum absolute atomic E-state index is 8.68. The molecular weight excluding hydrogens is 212 g/mol. The van der Waals surface area contributed by atoms with Crippen molar-refractivity contribution in [2.45, 2.75) is 13.3 Å². The van der Waals surface area contributed by atoms with E-state index in [1.165, 1.54) is 5.56 Å². The van der Waals surface area contributed by atoms with Gasteiger partial charge in [-0.05, 0) is 31.0 Å². The lowest BCUT2D eigenvalue weighted by atomic mass is 10.1. The second-order valence-electron chi connectivity index (χ2n) is 4.31. The molecule has 0 fully saturated rings. The van der Waals surface area contributed by atoms with E-state index in [1.54, 1.807) is 11.9 Å². The molecular formula is C13H16N4. The fourth-order valence-corrected chi connectivity index (χ4v) is 1.87. The van der Waals surface area contributed by atoms with Gasteiger partial charge in [0.25, 0.3) is 0 Å². The van der Waals surface area contributed by atoms with Gasteiger partial charge in [0, 0.05) is 20.6 Å². The Bertz CT molecular complexity index is 577. The Morgan fingerprint density at radius 3 is 2.94 bits per heavy atom. The summed E-state index contributed by atoms with van der Waals surface area (Å²) >= 11 is 0. The number of nitrogens with zero attached hydrogens (tertiary/aromatic N) is 4. The quantitative estimate of drug-likeness (QED) is 0.594. The first-order valence-electron chi connectivity index (χ1n) is 5.64. The summed E-state index contributed by atoms with van der Waals surface area (Å²) in [6.07, 6.45) is 2.97. The SMILES string of the molecule is Cc1nc2cc(CCN(C)C#N)ccc2n1C. The van der Waals surface area contributed by atoms with Crippen LogP contribution >= 0.6 is 0 Å². The van der Waals surface area contributed by atoms with Crippen LogP contribution in [0.5, 0.6) is 0 Å². The molecule has 17 heavy (non-hydrogen) atoms. The minimum Gasteiger partial charge on any atom is -0.331 e. The molecule has 1 heterocycles. The van der Waals surface area contributed by atoms with E-state index in [0.29, 0.717) is 0 Å². The molecule has 2 rings (SSSR count). The molecule has 0 saturated carbocycles. The molecule has 0 aliphatic rings. The molecule has 0 radical (unpaired) electrons. The van der Waals surface area contributed by atoms with Crippen molar-refractivity contribution in [1.82, 2.24) is 14.5 Å². The molecule has 0 aliphatic heterocycles. The van der Waals surface area contributed by atoms with Crippen LogP contribution in [0.25, 0.3) is 11.0 Å². The van der Waals surface area contributed by atoms with Crippen molar-refractivity contribution >= 4 is 11.0 Å². The predicted molar refractivity (Wildman–Crippen MR) is 67.4 cm³/mol. The molecule has 0 saturated heterocycles. The zero-order valence-electron chi connectivity index (χ0n) is 10.4. The molecule has 1 aromatic heterocycles. The van der Waals surface area contributed by atoms with Gasteiger partial charge >= 0.3 is 0 Å². The Morgan fingerprint density at radius 1 is 1.47 bits per heavy atom. The molecule has 0 N–H and O–H groups in total. The number of imidazole rings is 1. The minimum atomic E-state index is 0.744. The highest BCUT2D eigenvalue weighted by Gasteiger charge is 2.05. The fraction of sp³-hybridized carbons (Fsp3) is 0.385. The highest BCUT2D eigenvalue weighted by Crippen LogP contribution is 2.16. The third-order valence-electron chi connectivity index (χ3n) is 3.08. The van der Waals surface area contributed by atoms with Gasteiger partial charge in [0.2, 0.25) is 0 Å². The van der Waals surface area contributed by atoms with Crippen LogP contribution < -0.4 is 0 Å². The summed E-state index contributed by atoms with van der Waals surface area (Å²) in [7, 11) is 3.82. The van der Waals surface area contributed by atoms with Crippen LogP contribution in [0.1, 0.15) is 11.4 Å². The van der Waals surface area contributed by atoms with Crippen molar-refractivity contribution in [2.24, 2.45) is 7.05 Å². The van der Waals surface area contributed by atoms with Crippen LogP contribution in [0.4, 0.5) is 0 Å². The van der Waals surface area contributed by atoms with Gasteiger partial charge < -0.3 is 9.47 Å². The van der Waals surface area contributed by atoms with E-state index in [2.05, 4.69) is 33.9 Å². The van der Waals surface area contributed by atoms with Crippen LogP contribution in [-0.4, -0.2) is 28.0 Å². The highest BCUT2D eigenvalue weighted by molar-refractivity contribution is 5.76. The molecule has 0 amide bonds. The maximum atomic E-state index is 8.68. The monoisotopic (exact) mass is 228 g/mol. The summed E-state index contributed by atoms with van der Waals surface area (Å²) in [5.41, 5.74) is 3.40. The van der Waals surface area contributed by atoms with Gasteiger partial charge in [-0.2, -0.15) is 5.26 Å². The number of nitriles is 1. The number of likely N-dealkylation sites (N-methyl/N-ethyl adjacent to an activating group) is 1. The predicted octanol–water partition coefficient (Wildman–Crippen LogP) is 1.84. The van der Waals surface area contributed by atoms with Crippen molar-refractivity contribution in [3.63, 3.8) is 0 Å². The second kappa shape index (κ2) is 4.46. The van der Waals surface area contributed by atoms with E-state index >= 15 is 0 Å². The maximum Gasteiger partial charge on any atom is 0.179 e. The van der Waals surface area contributed by atoms with Gasteiger partial charge in [0.1, 0.15) is 5.82 Å². The normalized spacial score (nSPS) is 10.5. The average molecular weight is 228 g/mol. The lowest BCUT2D eigenvalue weighted by Crippen LogP contribution is -2.14. The smallest absolute Gasteiger partial charge is 0.179 e. The van der Waals surface area contributed by atoms with E-state index in [1.807, 2.05) is 14.0 Å². The minimum absolute atomic E-state index is 0.744. The van der Waals surface area contributed by atoms with Crippen LogP contribution in [0.3, 0.4) is 0 Å². The number of aryl methyl sites for hydroxylation is 2. The summed E-state index contributed by atoms with van der Waals surface area (Å²) in [4.78, 5) is 6.14. The zero-order chi connectivity index (χ0) is 12.4. The lowest BCUT2D eigenvalue weighted by molar-refractivity contribution is 0.478. The molecule has 0 spiro atoms. The van der Waals surface area contributed by atoms with Crippen molar-refractivity contribution < 1.29 is 0 Å². The third-order valence-corrected chi connectivity index (χ3v) is 3.08. The fourth-order valence-electron chi connectivity index (χ4n) is 1.87. The van der Waals surface area contributed by atoms with E-state index in [0.717, 1.165) is 29.8 Å². The van der Waals surface area contributed by atoms with Crippen molar-refractivity contribution in [2.75, 3.05) is 13.6 Å². The number of benzene rings is 1. The average Bonchev–Trinajstić information content (AvgIpc) is 2.62. The Labute approximate surface area is 101 Å². The number of hydrogen-bond acceptors (Lipinski definition) is 3. The van der Waals surface area contributed by atoms with E-state index in [-0.39, 0.29) is 0 Å². The Morgan fingerprint density at radius 2 is 2.24 bits per heavy atom. The van der Waals surface area contributed by atoms with E-state index < -0.39 is 0 Å². The van der Waals surface area contributed by atoms with Gasteiger partial charge in [0.15, 0.2) is 6.19 Å². The number of aromatic nitrogens is 2. The summed E-state index contributed by atoms with van der Waals surface area (Å²) in [6.45, 7) is 2.75. The van der Waals surface area contributed by atoms with Crippen LogP contribution in [0, 0.1) is 18.4 Å². The molecule has 1 aromatic carbocycles. The molecule has 2 aromatic rings. The van der Waals surface area contributed by atoms with E-state index in [4.69, 9.17) is 5.26 Å². The first kappa shape index (κ1) is 11.5. The van der Waals surface area contributed by atoms with Gasteiger partial charge in [-0.1, -0.05) is 6.07 Å². The second-order valence-corrected chi connectivity index (χ2v) is 4.31. The Hall–Kier alpha value is -2.02. The molecule has 4 heteroatoms. The molecule has 0 aliphatic carbocycles. The first-order valence-corrected chi connectivity index (χ1v) is 5.64.